The lowest BCUT2D eigenvalue weighted by molar-refractivity contribution is -0.104. The average molecular weight is 182 g/mol. The minimum Gasteiger partial charge on any atom is -0.422 e. The second-order valence-corrected chi connectivity index (χ2v) is 5.71. The first kappa shape index (κ1) is 7.57. The summed E-state index contributed by atoms with van der Waals surface area (Å²) >= 11 is 0. The largest absolute Gasteiger partial charge is 0.422 e. The summed E-state index contributed by atoms with van der Waals surface area (Å²) < 4.78 is 5.89. The van der Waals surface area contributed by atoms with Gasteiger partial charge in [-0.2, -0.15) is 0 Å². The molecule has 2 heteroatoms. The molecule has 12 heavy (non-hydrogen) atoms. The van der Waals surface area contributed by atoms with Crippen molar-refractivity contribution in [1.29, 1.82) is 0 Å². The van der Waals surface area contributed by atoms with Crippen LogP contribution in [0.3, 0.4) is 0 Å². The Hall–Kier alpha value is 0.177. The van der Waals surface area contributed by atoms with Crippen LogP contribution in [0.5, 0.6) is 0 Å². The molecule has 4 bridgehead atoms. The molecular formula is C10H18OSi. The van der Waals surface area contributed by atoms with Gasteiger partial charge in [-0.05, 0) is 56.3 Å². The zero-order chi connectivity index (χ0) is 8.18. The highest BCUT2D eigenvalue weighted by atomic mass is 28.2. The van der Waals surface area contributed by atoms with Gasteiger partial charge in [0.15, 0.2) is 0 Å². The SMILES string of the molecule is [SiH3]OC12CC3CC(CC(C3)C1)C2. The molecular weight excluding hydrogens is 164 g/mol. The highest BCUT2D eigenvalue weighted by molar-refractivity contribution is 5.98. The van der Waals surface area contributed by atoms with Crippen LogP contribution in [0.4, 0.5) is 0 Å². The summed E-state index contributed by atoms with van der Waals surface area (Å²) in [7, 11) is 0.950. The van der Waals surface area contributed by atoms with Crippen LogP contribution in [-0.4, -0.2) is 16.1 Å². The maximum Gasteiger partial charge on any atom is 0.146 e. The lowest BCUT2D eigenvalue weighted by Crippen LogP contribution is -2.51. The second-order valence-electron chi connectivity index (χ2n) is 5.30. The van der Waals surface area contributed by atoms with Crippen molar-refractivity contribution >= 4 is 10.5 Å². The van der Waals surface area contributed by atoms with Gasteiger partial charge in [-0.25, -0.2) is 0 Å². The topological polar surface area (TPSA) is 9.23 Å². The van der Waals surface area contributed by atoms with E-state index in [1.807, 2.05) is 0 Å². The van der Waals surface area contributed by atoms with E-state index in [0.29, 0.717) is 5.60 Å². The van der Waals surface area contributed by atoms with Crippen molar-refractivity contribution in [3.8, 4) is 0 Å². The molecule has 0 spiro atoms. The van der Waals surface area contributed by atoms with Gasteiger partial charge in [0.05, 0.1) is 5.60 Å². The van der Waals surface area contributed by atoms with E-state index in [4.69, 9.17) is 4.43 Å². The minimum absolute atomic E-state index is 0.404. The lowest BCUT2D eigenvalue weighted by Gasteiger charge is -2.56. The molecule has 0 saturated heterocycles. The Morgan fingerprint density at radius 1 is 0.917 bits per heavy atom. The molecule has 4 fully saturated rings. The standard InChI is InChI=1S/C10H18OSi/c12-11-10-4-7-1-8(5-10)3-9(2-7)6-10/h7-9H,1-6H2,12H3. The molecule has 0 unspecified atom stereocenters. The van der Waals surface area contributed by atoms with Crippen LogP contribution in [-0.2, 0) is 4.43 Å². The van der Waals surface area contributed by atoms with Crippen molar-refractivity contribution in [3.63, 3.8) is 0 Å². The lowest BCUT2D eigenvalue weighted by atomic mass is 9.54. The van der Waals surface area contributed by atoms with Gasteiger partial charge in [0.25, 0.3) is 0 Å². The Morgan fingerprint density at radius 2 is 1.33 bits per heavy atom. The highest BCUT2D eigenvalue weighted by Crippen LogP contribution is 2.56. The maximum absolute atomic E-state index is 5.89. The molecule has 0 aromatic carbocycles. The van der Waals surface area contributed by atoms with E-state index in [2.05, 4.69) is 0 Å². The van der Waals surface area contributed by atoms with E-state index >= 15 is 0 Å². The highest BCUT2D eigenvalue weighted by Gasteiger charge is 2.50. The number of hydrogen-bond donors (Lipinski definition) is 0. The van der Waals surface area contributed by atoms with Crippen LogP contribution in [0.2, 0.25) is 0 Å². The van der Waals surface area contributed by atoms with Crippen LogP contribution in [0.15, 0.2) is 0 Å². The Bertz CT molecular complexity index is 167. The fourth-order valence-electron chi connectivity index (χ4n) is 4.28. The molecule has 0 N–H and O–H groups in total. The summed E-state index contributed by atoms with van der Waals surface area (Å²) in [5, 5.41) is 0. The van der Waals surface area contributed by atoms with Gasteiger partial charge in [0.2, 0.25) is 0 Å². The first-order valence-electron chi connectivity index (χ1n) is 5.35. The monoisotopic (exact) mass is 182 g/mol. The maximum atomic E-state index is 5.89. The van der Waals surface area contributed by atoms with Gasteiger partial charge >= 0.3 is 0 Å². The van der Waals surface area contributed by atoms with Crippen molar-refractivity contribution in [3.05, 3.63) is 0 Å². The van der Waals surface area contributed by atoms with E-state index < -0.39 is 0 Å². The Balaban J connectivity index is 1.90. The van der Waals surface area contributed by atoms with E-state index in [1.165, 1.54) is 38.5 Å². The van der Waals surface area contributed by atoms with E-state index in [0.717, 1.165) is 28.2 Å². The zero-order valence-corrected chi connectivity index (χ0v) is 9.88. The molecule has 0 heterocycles. The van der Waals surface area contributed by atoms with Gasteiger partial charge < -0.3 is 4.43 Å². The van der Waals surface area contributed by atoms with Crippen molar-refractivity contribution in [2.24, 2.45) is 17.8 Å². The fraction of sp³-hybridized carbons (Fsp3) is 1.00. The predicted molar refractivity (Wildman–Crippen MR) is 51.9 cm³/mol. The summed E-state index contributed by atoms with van der Waals surface area (Å²) in [5.74, 6) is 3.14. The summed E-state index contributed by atoms with van der Waals surface area (Å²) in [5.41, 5.74) is 0.404. The molecule has 0 aromatic rings. The van der Waals surface area contributed by atoms with Gasteiger partial charge in [-0.3, -0.25) is 0 Å². The summed E-state index contributed by atoms with van der Waals surface area (Å²) in [6.07, 6.45) is 8.81. The Morgan fingerprint density at radius 3 is 1.67 bits per heavy atom. The van der Waals surface area contributed by atoms with Crippen molar-refractivity contribution in [1.82, 2.24) is 0 Å². The van der Waals surface area contributed by atoms with Crippen LogP contribution in [0.25, 0.3) is 0 Å². The quantitative estimate of drug-likeness (QED) is 0.555. The number of hydrogen-bond acceptors (Lipinski definition) is 1. The molecule has 1 nitrogen and oxygen atoms in total. The summed E-state index contributed by atoms with van der Waals surface area (Å²) in [6, 6.07) is 0. The molecule has 4 aliphatic rings. The van der Waals surface area contributed by atoms with Crippen LogP contribution in [0, 0.1) is 17.8 Å². The van der Waals surface area contributed by atoms with Gasteiger partial charge in [0.1, 0.15) is 10.5 Å². The molecule has 0 atom stereocenters. The second kappa shape index (κ2) is 2.35. The van der Waals surface area contributed by atoms with Gasteiger partial charge in [0, 0.05) is 0 Å². The van der Waals surface area contributed by atoms with Crippen LogP contribution < -0.4 is 0 Å². The molecule has 4 aliphatic carbocycles. The molecule has 0 aromatic heterocycles. The van der Waals surface area contributed by atoms with Crippen LogP contribution >= 0.6 is 0 Å². The third kappa shape index (κ3) is 0.941. The molecule has 68 valence electrons. The fourth-order valence-corrected chi connectivity index (χ4v) is 4.78. The molecule has 0 radical (unpaired) electrons. The third-order valence-electron chi connectivity index (χ3n) is 4.42. The normalized spacial score (nSPS) is 56.5. The van der Waals surface area contributed by atoms with Crippen molar-refractivity contribution < 1.29 is 4.43 Å². The van der Waals surface area contributed by atoms with E-state index in [1.54, 1.807) is 0 Å². The summed E-state index contributed by atoms with van der Waals surface area (Å²) in [4.78, 5) is 0. The predicted octanol–water partition coefficient (Wildman–Crippen LogP) is 1.25. The van der Waals surface area contributed by atoms with Crippen molar-refractivity contribution in [2.45, 2.75) is 44.1 Å². The van der Waals surface area contributed by atoms with Crippen LogP contribution in [0.1, 0.15) is 38.5 Å². The molecule has 0 amide bonds. The minimum atomic E-state index is 0.404. The van der Waals surface area contributed by atoms with Gasteiger partial charge in [-0.15, -0.1) is 0 Å². The van der Waals surface area contributed by atoms with Crippen molar-refractivity contribution in [2.75, 3.05) is 0 Å². The van der Waals surface area contributed by atoms with E-state index in [-0.39, 0.29) is 0 Å². The molecule has 0 aliphatic heterocycles. The Labute approximate surface area is 77.4 Å². The van der Waals surface area contributed by atoms with E-state index in [9.17, 15) is 0 Å². The first-order chi connectivity index (χ1) is 5.80. The molecule has 4 saturated carbocycles. The third-order valence-corrected chi connectivity index (χ3v) is 5.28. The number of rotatable bonds is 1. The van der Waals surface area contributed by atoms with Gasteiger partial charge in [-0.1, -0.05) is 0 Å². The zero-order valence-electron chi connectivity index (χ0n) is 7.88. The molecule has 4 rings (SSSR count). The first-order valence-corrected chi connectivity index (χ1v) is 6.16. The Kier molecular flexibility index (Phi) is 1.48. The average Bonchev–Trinajstić information content (AvgIpc) is 2.02. The summed E-state index contributed by atoms with van der Waals surface area (Å²) in [6.45, 7) is 0. The smallest absolute Gasteiger partial charge is 0.146 e.